The van der Waals surface area contributed by atoms with Gasteiger partial charge in [-0.2, -0.15) is 4.98 Å². The summed E-state index contributed by atoms with van der Waals surface area (Å²) in [6, 6.07) is 8.39. The van der Waals surface area contributed by atoms with Gasteiger partial charge in [-0.1, -0.05) is 35.0 Å². The molecule has 1 aromatic heterocycles. The van der Waals surface area contributed by atoms with Crippen LogP contribution in [0.2, 0.25) is 0 Å². The van der Waals surface area contributed by atoms with Gasteiger partial charge in [0, 0.05) is 6.54 Å². The third-order valence-electron chi connectivity index (χ3n) is 2.10. The van der Waals surface area contributed by atoms with Crippen LogP contribution >= 0.6 is 0 Å². The Bertz CT molecular complexity index is 412. The van der Waals surface area contributed by atoms with E-state index in [1.165, 1.54) is 17.5 Å². The zero-order chi connectivity index (χ0) is 10.5. The normalized spacial score (nSPS) is 10.5. The van der Waals surface area contributed by atoms with Gasteiger partial charge in [-0.05, 0) is 12.5 Å². The molecule has 2 rings (SSSR count). The monoisotopic (exact) mass is 203 g/mol. The fourth-order valence-corrected chi connectivity index (χ4v) is 1.41. The van der Waals surface area contributed by atoms with Gasteiger partial charge >= 0.3 is 0 Å². The summed E-state index contributed by atoms with van der Waals surface area (Å²) in [6.45, 7) is 3.53. The lowest BCUT2D eigenvalue weighted by atomic mass is 10.1. The summed E-state index contributed by atoms with van der Waals surface area (Å²) in [5.41, 5.74) is 2.53. The van der Waals surface area contributed by atoms with Crippen LogP contribution in [0.4, 0.5) is 0 Å². The second-order valence-electron chi connectivity index (χ2n) is 3.44. The summed E-state index contributed by atoms with van der Waals surface area (Å²) in [5.74, 6) is 0.683. The summed E-state index contributed by atoms with van der Waals surface area (Å²) in [4.78, 5) is 3.92. The number of nitrogens with zero attached hydrogens (tertiary/aromatic N) is 2. The van der Waals surface area contributed by atoms with Gasteiger partial charge in [-0.3, -0.25) is 0 Å². The molecule has 0 fully saturated rings. The Morgan fingerprint density at radius 1 is 1.33 bits per heavy atom. The van der Waals surface area contributed by atoms with Crippen LogP contribution in [0.1, 0.15) is 17.0 Å². The van der Waals surface area contributed by atoms with E-state index in [0.29, 0.717) is 12.4 Å². The lowest BCUT2D eigenvalue weighted by Gasteiger charge is -2.02. The predicted molar refractivity (Wildman–Crippen MR) is 56.0 cm³/mol. The molecule has 4 heteroatoms. The van der Waals surface area contributed by atoms with Crippen molar-refractivity contribution >= 4 is 0 Å². The van der Waals surface area contributed by atoms with Crippen LogP contribution in [0.5, 0.6) is 0 Å². The summed E-state index contributed by atoms with van der Waals surface area (Å²) >= 11 is 0. The van der Waals surface area contributed by atoms with Gasteiger partial charge < -0.3 is 9.84 Å². The first-order valence-corrected chi connectivity index (χ1v) is 4.86. The molecule has 0 radical (unpaired) electrons. The van der Waals surface area contributed by atoms with Crippen molar-refractivity contribution in [1.82, 2.24) is 15.5 Å². The van der Waals surface area contributed by atoms with Crippen LogP contribution in [-0.2, 0) is 13.1 Å². The molecule has 0 atom stereocenters. The fourth-order valence-electron chi connectivity index (χ4n) is 1.41. The quantitative estimate of drug-likeness (QED) is 0.821. The molecule has 2 aromatic rings. The van der Waals surface area contributed by atoms with Crippen LogP contribution in [0.25, 0.3) is 0 Å². The standard InChI is InChI=1S/C11H13N3O/c1-9-3-2-4-10(5-9)6-12-7-11-13-8-15-14-11/h2-5,8,12H,6-7H2,1H3. The maximum Gasteiger partial charge on any atom is 0.213 e. The van der Waals surface area contributed by atoms with Gasteiger partial charge in [-0.15, -0.1) is 0 Å². The smallest absolute Gasteiger partial charge is 0.213 e. The first-order chi connectivity index (χ1) is 7.34. The molecule has 0 aliphatic carbocycles. The topological polar surface area (TPSA) is 51.0 Å². The van der Waals surface area contributed by atoms with Crippen molar-refractivity contribution < 1.29 is 4.52 Å². The zero-order valence-corrected chi connectivity index (χ0v) is 8.60. The Labute approximate surface area is 88.3 Å². The lowest BCUT2D eigenvalue weighted by molar-refractivity contribution is 0.407. The molecule has 15 heavy (non-hydrogen) atoms. The Morgan fingerprint density at radius 2 is 2.27 bits per heavy atom. The van der Waals surface area contributed by atoms with Gasteiger partial charge in [0.05, 0.1) is 6.54 Å². The van der Waals surface area contributed by atoms with Crippen LogP contribution in [0, 0.1) is 6.92 Å². The van der Waals surface area contributed by atoms with Crippen molar-refractivity contribution in [3.63, 3.8) is 0 Å². The fraction of sp³-hybridized carbons (Fsp3) is 0.273. The minimum Gasteiger partial charge on any atom is -0.343 e. The van der Waals surface area contributed by atoms with Crippen LogP contribution in [0.3, 0.4) is 0 Å². The number of aryl methyl sites for hydroxylation is 1. The van der Waals surface area contributed by atoms with Crippen LogP contribution in [0.15, 0.2) is 35.2 Å². The van der Waals surface area contributed by atoms with Gasteiger partial charge in [0.25, 0.3) is 0 Å². The van der Waals surface area contributed by atoms with E-state index in [9.17, 15) is 0 Å². The third-order valence-corrected chi connectivity index (χ3v) is 2.10. The van der Waals surface area contributed by atoms with E-state index in [-0.39, 0.29) is 0 Å². The van der Waals surface area contributed by atoms with E-state index in [1.807, 2.05) is 0 Å². The number of hydrogen-bond donors (Lipinski definition) is 1. The van der Waals surface area contributed by atoms with E-state index < -0.39 is 0 Å². The molecular formula is C11H13N3O. The second-order valence-corrected chi connectivity index (χ2v) is 3.44. The largest absolute Gasteiger partial charge is 0.343 e. The van der Waals surface area contributed by atoms with E-state index in [4.69, 9.17) is 0 Å². The SMILES string of the molecule is Cc1cccc(CNCc2ncon2)c1. The molecule has 4 nitrogen and oxygen atoms in total. The maximum atomic E-state index is 4.64. The van der Waals surface area contributed by atoms with Crippen molar-refractivity contribution in [2.24, 2.45) is 0 Å². The number of nitrogens with one attached hydrogen (secondary N) is 1. The average molecular weight is 203 g/mol. The molecule has 1 N–H and O–H groups in total. The molecule has 0 unspecified atom stereocenters. The first kappa shape index (κ1) is 9.86. The van der Waals surface area contributed by atoms with Gasteiger partial charge in [0.2, 0.25) is 6.39 Å². The zero-order valence-electron chi connectivity index (χ0n) is 8.60. The Balaban J connectivity index is 1.83. The van der Waals surface area contributed by atoms with Gasteiger partial charge in [0.1, 0.15) is 0 Å². The Morgan fingerprint density at radius 3 is 3.00 bits per heavy atom. The summed E-state index contributed by atoms with van der Waals surface area (Å²) in [7, 11) is 0. The third kappa shape index (κ3) is 2.89. The van der Waals surface area contributed by atoms with Crippen molar-refractivity contribution in [3.8, 4) is 0 Å². The average Bonchev–Trinajstić information content (AvgIpc) is 2.71. The predicted octanol–water partition coefficient (Wildman–Crippen LogP) is 1.67. The molecule has 0 aliphatic rings. The molecule has 1 heterocycles. The Kier molecular flexibility index (Phi) is 3.09. The lowest BCUT2D eigenvalue weighted by Crippen LogP contribution is -2.13. The molecule has 0 amide bonds. The van der Waals surface area contributed by atoms with Crippen LogP contribution < -0.4 is 5.32 Å². The molecule has 1 aromatic carbocycles. The first-order valence-electron chi connectivity index (χ1n) is 4.86. The minimum atomic E-state index is 0.629. The molecule has 0 bridgehead atoms. The summed E-state index contributed by atoms with van der Waals surface area (Å²) < 4.78 is 4.64. The summed E-state index contributed by atoms with van der Waals surface area (Å²) in [6.07, 6.45) is 1.34. The summed E-state index contributed by atoms with van der Waals surface area (Å²) in [5, 5.41) is 6.96. The Hall–Kier alpha value is -1.68. The number of rotatable bonds is 4. The van der Waals surface area contributed by atoms with E-state index in [0.717, 1.165) is 6.54 Å². The van der Waals surface area contributed by atoms with E-state index >= 15 is 0 Å². The molecular weight excluding hydrogens is 190 g/mol. The van der Waals surface area contributed by atoms with E-state index in [2.05, 4.69) is 51.2 Å². The van der Waals surface area contributed by atoms with Crippen molar-refractivity contribution in [3.05, 3.63) is 47.6 Å². The molecule has 0 spiro atoms. The number of benzene rings is 1. The minimum absolute atomic E-state index is 0.629. The van der Waals surface area contributed by atoms with Crippen molar-refractivity contribution in [2.45, 2.75) is 20.0 Å². The highest BCUT2D eigenvalue weighted by molar-refractivity contribution is 5.21. The highest BCUT2D eigenvalue weighted by atomic mass is 16.5. The molecule has 0 saturated heterocycles. The number of hydrogen-bond acceptors (Lipinski definition) is 4. The van der Waals surface area contributed by atoms with Crippen molar-refractivity contribution in [2.75, 3.05) is 0 Å². The molecule has 0 saturated carbocycles. The van der Waals surface area contributed by atoms with Crippen LogP contribution in [-0.4, -0.2) is 10.1 Å². The second kappa shape index (κ2) is 4.70. The highest BCUT2D eigenvalue weighted by Crippen LogP contribution is 2.03. The van der Waals surface area contributed by atoms with E-state index in [1.54, 1.807) is 0 Å². The van der Waals surface area contributed by atoms with Gasteiger partial charge in [-0.25, -0.2) is 0 Å². The van der Waals surface area contributed by atoms with Crippen molar-refractivity contribution in [1.29, 1.82) is 0 Å². The highest BCUT2D eigenvalue weighted by Gasteiger charge is 1.97. The molecule has 0 aliphatic heterocycles. The maximum absolute atomic E-state index is 4.64. The van der Waals surface area contributed by atoms with Gasteiger partial charge in [0.15, 0.2) is 5.82 Å². The molecule has 78 valence electrons. The number of aromatic nitrogens is 2.